The van der Waals surface area contributed by atoms with Crippen LogP contribution in [0.2, 0.25) is 0 Å². The number of rotatable bonds is 2. The predicted molar refractivity (Wildman–Crippen MR) is 73.0 cm³/mol. The number of anilines is 1. The number of aromatic carboxylic acids is 1. The molecule has 0 spiro atoms. The first-order chi connectivity index (χ1) is 8.70. The fraction of sp³-hybridized carbons (Fsp3) is 0.462. The first-order valence-electron chi connectivity index (χ1n) is 6.02. The molecule has 0 saturated carbocycles. The van der Waals surface area contributed by atoms with Gasteiger partial charge in [0.15, 0.2) is 11.3 Å². The number of aromatic nitrogens is 3. The Balaban J connectivity index is 2.75. The van der Waals surface area contributed by atoms with Crippen LogP contribution in [0.5, 0.6) is 0 Å². The van der Waals surface area contributed by atoms with E-state index in [0.29, 0.717) is 11.5 Å². The molecule has 0 aliphatic heterocycles. The zero-order chi connectivity index (χ0) is 14.4. The van der Waals surface area contributed by atoms with Crippen molar-refractivity contribution in [1.82, 2.24) is 14.6 Å². The normalized spacial score (nSPS) is 11.8. The van der Waals surface area contributed by atoms with Gasteiger partial charge in [0.05, 0.1) is 5.69 Å². The Morgan fingerprint density at radius 2 is 1.95 bits per heavy atom. The summed E-state index contributed by atoms with van der Waals surface area (Å²) in [6, 6.07) is 3.36. The summed E-state index contributed by atoms with van der Waals surface area (Å²) in [6.45, 7) is 6.17. The molecule has 0 aliphatic rings. The molecule has 6 heteroatoms. The van der Waals surface area contributed by atoms with Gasteiger partial charge in [0.2, 0.25) is 0 Å². The van der Waals surface area contributed by atoms with Crippen molar-refractivity contribution in [3.8, 4) is 0 Å². The van der Waals surface area contributed by atoms with Crippen molar-refractivity contribution in [2.45, 2.75) is 26.2 Å². The third-order valence-electron chi connectivity index (χ3n) is 2.85. The van der Waals surface area contributed by atoms with Crippen LogP contribution < -0.4 is 4.90 Å². The van der Waals surface area contributed by atoms with Crippen molar-refractivity contribution >= 4 is 17.4 Å². The van der Waals surface area contributed by atoms with E-state index in [1.807, 2.05) is 25.1 Å². The number of carboxylic acid groups (broad SMARTS) is 1. The monoisotopic (exact) mass is 262 g/mol. The summed E-state index contributed by atoms with van der Waals surface area (Å²) < 4.78 is 1.67. The van der Waals surface area contributed by atoms with Crippen LogP contribution in [-0.4, -0.2) is 39.8 Å². The molecular formula is C13H18N4O2. The highest BCUT2D eigenvalue weighted by atomic mass is 16.4. The molecule has 2 heterocycles. The van der Waals surface area contributed by atoms with Gasteiger partial charge in [-0.2, -0.15) is 9.61 Å². The Labute approximate surface area is 111 Å². The van der Waals surface area contributed by atoms with E-state index in [9.17, 15) is 4.79 Å². The molecule has 0 radical (unpaired) electrons. The lowest BCUT2D eigenvalue weighted by molar-refractivity contribution is 0.0690. The van der Waals surface area contributed by atoms with Crippen molar-refractivity contribution in [3.63, 3.8) is 0 Å². The highest BCUT2D eigenvalue weighted by Crippen LogP contribution is 2.24. The van der Waals surface area contributed by atoms with E-state index in [2.05, 4.69) is 30.9 Å². The molecule has 0 amide bonds. The summed E-state index contributed by atoms with van der Waals surface area (Å²) in [4.78, 5) is 17.1. The van der Waals surface area contributed by atoms with Crippen LogP contribution in [0.25, 0.3) is 5.65 Å². The summed E-state index contributed by atoms with van der Waals surface area (Å²) in [7, 11) is 3.69. The smallest absolute Gasteiger partial charge is 0.354 e. The fourth-order valence-corrected chi connectivity index (χ4v) is 1.75. The van der Waals surface area contributed by atoms with Gasteiger partial charge in [-0.05, 0) is 0 Å². The number of fused-ring (bicyclic) bond motifs is 1. The molecule has 2 aromatic rings. The summed E-state index contributed by atoms with van der Waals surface area (Å²) in [6.07, 6.45) is 0. The standard InChI is InChI=1S/C13H18N4O2/c1-13(2,3)9-7-10-14-8(12(18)19)6-11(16(4)5)17(10)15-9/h6-7H,1-5H3,(H,18,19). The van der Waals surface area contributed by atoms with Gasteiger partial charge in [0.25, 0.3) is 0 Å². The number of nitrogens with zero attached hydrogens (tertiary/aromatic N) is 4. The van der Waals surface area contributed by atoms with Gasteiger partial charge >= 0.3 is 5.97 Å². The second kappa shape index (κ2) is 4.22. The fourth-order valence-electron chi connectivity index (χ4n) is 1.75. The van der Waals surface area contributed by atoms with E-state index in [0.717, 1.165) is 5.69 Å². The van der Waals surface area contributed by atoms with Crippen molar-refractivity contribution in [1.29, 1.82) is 0 Å². The first-order valence-corrected chi connectivity index (χ1v) is 6.02. The molecule has 0 saturated heterocycles. The summed E-state index contributed by atoms with van der Waals surface area (Å²) in [5, 5.41) is 13.6. The Bertz CT molecular complexity index is 638. The molecule has 2 rings (SSSR count). The maximum absolute atomic E-state index is 11.1. The predicted octanol–water partition coefficient (Wildman–Crippen LogP) is 1.79. The van der Waals surface area contributed by atoms with Crippen molar-refractivity contribution in [2.75, 3.05) is 19.0 Å². The SMILES string of the molecule is CN(C)c1cc(C(=O)O)nc2cc(C(C)(C)C)nn12. The average Bonchev–Trinajstić information content (AvgIpc) is 2.70. The van der Waals surface area contributed by atoms with E-state index in [-0.39, 0.29) is 11.1 Å². The van der Waals surface area contributed by atoms with Crippen molar-refractivity contribution in [2.24, 2.45) is 0 Å². The van der Waals surface area contributed by atoms with E-state index in [1.165, 1.54) is 6.07 Å². The molecule has 0 bridgehead atoms. The number of carboxylic acids is 1. The lowest BCUT2D eigenvalue weighted by atomic mass is 9.93. The maximum atomic E-state index is 11.1. The van der Waals surface area contributed by atoms with Gasteiger partial charge in [-0.3, -0.25) is 0 Å². The molecule has 102 valence electrons. The molecule has 1 N–H and O–H groups in total. The summed E-state index contributed by atoms with van der Waals surface area (Å²) in [5.41, 5.74) is 1.34. The maximum Gasteiger partial charge on any atom is 0.354 e. The molecular weight excluding hydrogens is 244 g/mol. The first kappa shape index (κ1) is 13.3. The average molecular weight is 262 g/mol. The number of hydrogen-bond donors (Lipinski definition) is 1. The Hall–Kier alpha value is -2.11. The van der Waals surface area contributed by atoms with Gasteiger partial charge in [-0.1, -0.05) is 20.8 Å². The quantitative estimate of drug-likeness (QED) is 0.893. The molecule has 0 fully saturated rings. The zero-order valence-electron chi connectivity index (χ0n) is 11.8. The van der Waals surface area contributed by atoms with Gasteiger partial charge < -0.3 is 10.0 Å². The third kappa shape index (κ3) is 2.38. The van der Waals surface area contributed by atoms with Crippen molar-refractivity contribution < 1.29 is 9.90 Å². The zero-order valence-corrected chi connectivity index (χ0v) is 11.8. The van der Waals surface area contributed by atoms with E-state index in [1.54, 1.807) is 4.52 Å². The second-order valence-corrected chi connectivity index (χ2v) is 5.75. The van der Waals surface area contributed by atoms with Crippen molar-refractivity contribution in [3.05, 3.63) is 23.5 Å². The van der Waals surface area contributed by atoms with E-state index in [4.69, 9.17) is 5.11 Å². The highest BCUT2D eigenvalue weighted by molar-refractivity contribution is 5.87. The van der Waals surface area contributed by atoms with Crippen LogP contribution in [-0.2, 0) is 5.41 Å². The molecule has 0 atom stereocenters. The Kier molecular flexibility index (Phi) is 2.96. The number of carbonyl (C=O) groups is 1. The lowest BCUT2D eigenvalue weighted by Crippen LogP contribution is -2.17. The Morgan fingerprint density at radius 3 is 2.42 bits per heavy atom. The lowest BCUT2D eigenvalue weighted by Gasteiger charge is -2.15. The highest BCUT2D eigenvalue weighted by Gasteiger charge is 2.21. The minimum absolute atomic E-state index is 0.0246. The molecule has 0 aromatic carbocycles. The minimum atomic E-state index is -1.04. The second-order valence-electron chi connectivity index (χ2n) is 5.75. The van der Waals surface area contributed by atoms with Gasteiger partial charge in [0, 0.05) is 31.6 Å². The van der Waals surface area contributed by atoms with Crippen LogP contribution in [0, 0.1) is 0 Å². The molecule has 2 aromatic heterocycles. The largest absolute Gasteiger partial charge is 0.477 e. The van der Waals surface area contributed by atoms with Crippen LogP contribution in [0.1, 0.15) is 37.0 Å². The third-order valence-corrected chi connectivity index (χ3v) is 2.85. The topological polar surface area (TPSA) is 70.7 Å². The van der Waals surface area contributed by atoms with E-state index >= 15 is 0 Å². The number of hydrogen-bond acceptors (Lipinski definition) is 4. The summed E-state index contributed by atoms with van der Waals surface area (Å²) in [5.74, 6) is -0.345. The van der Waals surface area contributed by atoms with Gasteiger partial charge in [0.1, 0.15) is 5.82 Å². The van der Waals surface area contributed by atoms with Crippen LogP contribution in [0.3, 0.4) is 0 Å². The molecule has 0 unspecified atom stereocenters. The summed E-state index contributed by atoms with van der Waals surface area (Å²) >= 11 is 0. The molecule has 0 aliphatic carbocycles. The van der Waals surface area contributed by atoms with Crippen LogP contribution in [0.15, 0.2) is 12.1 Å². The minimum Gasteiger partial charge on any atom is -0.477 e. The molecule has 6 nitrogen and oxygen atoms in total. The van der Waals surface area contributed by atoms with E-state index < -0.39 is 5.97 Å². The van der Waals surface area contributed by atoms with Gasteiger partial charge in [-0.15, -0.1) is 0 Å². The van der Waals surface area contributed by atoms with Crippen LogP contribution >= 0.6 is 0 Å². The van der Waals surface area contributed by atoms with Crippen LogP contribution in [0.4, 0.5) is 5.82 Å². The van der Waals surface area contributed by atoms with Gasteiger partial charge in [-0.25, -0.2) is 9.78 Å². The Morgan fingerprint density at radius 1 is 1.32 bits per heavy atom. The molecule has 19 heavy (non-hydrogen) atoms.